The van der Waals surface area contributed by atoms with E-state index >= 15 is 0 Å². The number of ether oxygens (including phenoxy) is 2. The number of aryl methyl sites for hydroxylation is 1. The van der Waals surface area contributed by atoms with Crippen LogP contribution in [-0.2, 0) is 0 Å². The fourth-order valence-electron chi connectivity index (χ4n) is 3.13. The number of methoxy groups -OCH3 is 1. The molecule has 4 rings (SSSR count). The Morgan fingerprint density at radius 3 is 2.74 bits per heavy atom. The van der Waals surface area contributed by atoms with Gasteiger partial charge in [-0.15, -0.1) is 5.10 Å². The van der Waals surface area contributed by atoms with Crippen molar-refractivity contribution in [3.05, 3.63) is 76.8 Å². The molecule has 0 aliphatic heterocycles. The Morgan fingerprint density at radius 2 is 1.97 bits per heavy atom. The van der Waals surface area contributed by atoms with Gasteiger partial charge < -0.3 is 14.6 Å². The Labute approximate surface area is 204 Å². The van der Waals surface area contributed by atoms with Crippen molar-refractivity contribution >= 4 is 34.0 Å². The summed E-state index contributed by atoms with van der Waals surface area (Å²) in [5, 5.41) is 21.7. The van der Waals surface area contributed by atoms with E-state index in [1.165, 1.54) is 12.4 Å². The van der Waals surface area contributed by atoms with Crippen LogP contribution < -0.4 is 14.8 Å². The number of amides is 1. The van der Waals surface area contributed by atoms with E-state index in [0.717, 1.165) is 22.6 Å². The number of nitrogens with one attached hydrogen (secondary N) is 1. The van der Waals surface area contributed by atoms with Crippen molar-refractivity contribution in [3.8, 4) is 22.1 Å². The zero-order valence-electron chi connectivity index (χ0n) is 18.2. The van der Waals surface area contributed by atoms with Crippen LogP contribution in [0.4, 0.5) is 5.13 Å². The largest absolute Gasteiger partial charge is 0.496 e. The number of anilines is 1. The van der Waals surface area contributed by atoms with Gasteiger partial charge in [-0.05, 0) is 42.5 Å². The first kappa shape index (κ1) is 23.6. The molecule has 0 aliphatic rings. The van der Waals surface area contributed by atoms with Crippen LogP contribution in [0.25, 0.3) is 11.1 Å². The third-order valence-electron chi connectivity index (χ3n) is 4.77. The quantitative estimate of drug-likeness (QED) is 0.369. The minimum absolute atomic E-state index is 0.0863. The van der Waals surface area contributed by atoms with Gasteiger partial charge in [0.25, 0.3) is 11.1 Å². The SMILES string of the molecule is COc1ccccc1-c1cc(C)ncc1C(=O)Nc1nnc(OCC(O)c2ccc(Cl)cn2)s1. The zero-order chi connectivity index (χ0) is 24.1. The third-order valence-corrected chi connectivity index (χ3v) is 5.74. The highest BCUT2D eigenvalue weighted by molar-refractivity contribution is 7.17. The number of para-hydroxylation sites is 1. The molecule has 4 aromatic rings. The topological polar surface area (TPSA) is 119 Å². The number of hydrogen-bond donors (Lipinski definition) is 2. The van der Waals surface area contributed by atoms with Gasteiger partial charge in [-0.3, -0.25) is 20.1 Å². The van der Waals surface area contributed by atoms with Crippen molar-refractivity contribution in [1.29, 1.82) is 0 Å². The van der Waals surface area contributed by atoms with E-state index in [4.69, 9.17) is 21.1 Å². The smallest absolute Gasteiger partial charge is 0.295 e. The van der Waals surface area contributed by atoms with Gasteiger partial charge in [-0.1, -0.05) is 34.9 Å². The van der Waals surface area contributed by atoms with Crippen LogP contribution in [-0.4, -0.2) is 44.9 Å². The van der Waals surface area contributed by atoms with Crippen molar-refractivity contribution in [3.63, 3.8) is 0 Å². The number of aliphatic hydroxyl groups is 1. The van der Waals surface area contributed by atoms with Crippen molar-refractivity contribution < 1.29 is 19.4 Å². The van der Waals surface area contributed by atoms with E-state index in [9.17, 15) is 9.90 Å². The van der Waals surface area contributed by atoms with Crippen LogP contribution in [0.15, 0.2) is 54.9 Å². The predicted molar refractivity (Wildman–Crippen MR) is 129 cm³/mol. The summed E-state index contributed by atoms with van der Waals surface area (Å²) in [7, 11) is 1.58. The number of pyridine rings is 2. The molecule has 0 bridgehead atoms. The van der Waals surface area contributed by atoms with Crippen molar-refractivity contribution in [2.75, 3.05) is 19.0 Å². The number of carbonyl (C=O) groups excluding carboxylic acids is 1. The molecular weight excluding hydrogens is 478 g/mol. The molecule has 2 N–H and O–H groups in total. The van der Waals surface area contributed by atoms with Crippen molar-refractivity contribution in [1.82, 2.24) is 20.2 Å². The van der Waals surface area contributed by atoms with Crippen molar-refractivity contribution in [2.24, 2.45) is 0 Å². The molecule has 34 heavy (non-hydrogen) atoms. The molecule has 1 atom stereocenters. The summed E-state index contributed by atoms with van der Waals surface area (Å²) in [6.07, 6.45) is 1.99. The first-order valence-electron chi connectivity index (χ1n) is 10.1. The highest BCUT2D eigenvalue weighted by Crippen LogP contribution is 2.33. The molecule has 0 radical (unpaired) electrons. The maximum Gasteiger partial charge on any atom is 0.295 e. The molecule has 0 spiro atoms. The molecular formula is C23H20ClN5O4S. The number of hydrogen-bond acceptors (Lipinski definition) is 9. The second-order valence-electron chi connectivity index (χ2n) is 7.13. The molecule has 1 unspecified atom stereocenters. The monoisotopic (exact) mass is 497 g/mol. The molecule has 9 nitrogen and oxygen atoms in total. The fraction of sp³-hybridized carbons (Fsp3) is 0.174. The standard InChI is InChI=1S/C23H20ClN5O4S/c1-13-9-16(15-5-3-4-6-20(15)32-2)17(11-25-13)21(31)27-22-28-29-23(34-22)33-12-19(30)18-8-7-14(24)10-26-18/h3-11,19,30H,12H2,1-2H3,(H,27,28,31). The van der Waals surface area contributed by atoms with Gasteiger partial charge in [0.2, 0.25) is 5.13 Å². The number of nitrogens with zero attached hydrogens (tertiary/aromatic N) is 4. The Bertz CT molecular complexity index is 1300. The van der Waals surface area contributed by atoms with Gasteiger partial charge >= 0.3 is 0 Å². The summed E-state index contributed by atoms with van der Waals surface area (Å²) in [4.78, 5) is 21.4. The Hall–Kier alpha value is -3.60. The lowest BCUT2D eigenvalue weighted by atomic mass is 9.99. The second kappa shape index (κ2) is 10.6. The normalized spacial score (nSPS) is 11.6. The van der Waals surface area contributed by atoms with Gasteiger partial charge in [0.1, 0.15) is 18.5 Å². The number of carbonyl (C=O) groups is 1. The van der Waals surface area contributed by atoms with E-state index in [2.05, 4.69) is 25.5 Å². The lowest BCUT2D eigenvalue weighted by Gasteiger charge is -2.13. The Kier molecular flexibility index (Phi) is 7.31. The maximum absolute atomic E-state index is 13.1. The predicted octanol–water partition coefficient (Wildman–Crippen LogP) is 4.33. The maximum atomic E-state index is 13.1. The fourth-order valence-corrected chi connectivity index (χ4v) is 3.84. The molecule has 174 valence electrons. The lowest BCUT2D eigenvalue weighted by Crippen LogP contribution is -2.14. The van der Waals surface area contributed by atoms with Crippen molar-refractivity contribution in [2.45, 2.75) is 13.0 Å². The summed E-state index contributed by atoms with van der Waals surface area (Å²) < 4.78 is 11.0. The van der Waals surface area contributed by atoms with Gasteiger partial charge in [-0.2, -0.15) is 0 Å². The molecule has 11 heteroatoms. The Balaban J connectivity index is 1.46. The van der Waals surface area contributed by atoms with Gasteiger partial charge in [0.15, 0.2) is 0 Å². The number of aromatic nitrogens is 4. The van der Waals surface area contributed by atoms with Crippen LogP contribution in [0.3, 0.4) is 0 Å². The highest BCUT2D eigenvalue weighted by Gasteiger charge is 2.19. The molecule has 1 aromatic carbocycles. The molecule has 3 heterocycles. The van der Waals surface area contributed by atoms with E-state index in [-0.39, 0.29) is 16.9 Å². The van der Waals surface area contributed by atoms with E-state index in [1.54, 1.807) is 19.2 Å². The summed E-state index contributed by atoms with van der Waals surface area (Å²) in [5.74, 6) is 0.240. The van der Waals surface area contributed by atoms with Gasteiger partial charge in [0.05, 0.1) is 23.4 Å². The van der Waals surface area contributed by atoms with Crippen LogP contribution in [0, 0.1) is 6.92 Å². The Morgan fingerprint density at radius 1 is 1.15 bits per heavy atom. The van der Waals surface area contributed by atoms with E-state index < -0.39 is 12.0 Å². The number of benzene rings is 1. The number of halogens is 1. The molecule has 0 aliphatic carbocycles. The highest BCUT2D eigenvalue weighted by atomic mass is 35.5. The average Bonchev–Trinajstić information content (AvgIpc) is 3.30. The van der Waals surface area contributed by atoms with Crippen LogP contribution in [0.2, 0.25) is 5.02 Å². The van der Waals surface area contributed by atoms with Gasteiger partial charge in [0, 0.05) is 29.2 Å². The summed E-state index contributed by atoms with van der Waals surface area (Å²) >= 11 is 6.84. The lowest BCUT2D eigenvalue weighted by molar-refractivity contribution is 0.102. The molecule has 0 saturated carbocycles. The second-order valence-corrected chi connectivity index (χ2v) is 8.50. The minimum atomic E-state index is -0.971. The summed E-state index contributed by atoms with van der Waals surface area (Å²) in [6, 6.07) is 12.5. The van der Waals surface area contributed by atoms with E-state index in [1.807, 2.05) is 37.3 Å². The van der Waals surface area contributed by atoms with E-state index in [0.29, 0.717) is 27.6 Å². The number of aliphatic hydroxyl groups excluding tert-OH is 1. The zero-order valence-corrected chi connectivity index (χ0v) is 19.8. The molecule has 3 aromatic heterocycles. The summed E-state index contributed by atoms with van der Waals surface area (Å²) in [5.41, 5.74) is 2.99. The van der Waals surface area contributed by atoms with Crippen LogP contribution in [0.5, 0.6) is 10.9 Å². The summed E-state index contributed by atoms with van der Waals surface area (Å²) in [6.45, 7) is 1.76. The minimum Gasteiger partial charge on any atom is -0.496 e. The first-order chi connectivity index (χ1) is 16.4. The third kappa shape index (κ3) is 5.48. The molecule has 1 amide bonds. The number of rotatable bonds is 8. The van der Waals surface area contributed by atoms with Gasteiger partial charge in [-0.25, -0.2) is 0 Å². The molecule has 0 saturated heterocycles. The first-order valence-corrected chi connectivity index (χ1v) is 11.3. The van der Waals surface area contributed by atoms with Crippen LogP contribution in [0.1, 0.15) is 27.8 Å². The molecule has 0 fully saturated rings. The average molecular weight is 498 g/mol. The van der Waals surface area contributed by atoms with Crippen LogP contribution >= 0.6 is 22.9 Å².